The van der Waals surface area contributed by atoms with Gasteiger partial charge in [0.05, 0.1) is 46.9 Å². The van der Waals surface area contributed by atoms with Crippen LogP contribution in [-0.2, 0) is 6.54 Å². The summed E-state index contributed by atoms with van der Waals surface area (Å²) in [5, 5.41) is 19.9. The molecule has 30 heteroatoms. The third-order valence-corrected chi connectivity index (χ3v) is 17.3. The summed E-state index contributed by atoms with van der Waals surface area (Å²) in [7, 11) is 0. The Bertz CT molecular complexity index is 5110. The minimum atomic E-state index is -1.01. The van der Waals surface area contributed by atoms with Crippen LogP contribution in [0.2, 0.25) is 0 Å². The van der Waals surface area contributed by atoms with Gasteiger partial charge in [-0.25, -0.2) is 45.1 Å². The fourth-order valence-corrected chi connectivity index (χ4v) is 11.9. The summed E-state index contributed by atoms with van der Waals surface area (Å²) in [6.07, 6.45) is 26.2. The molecule has 15 rings (SSSR count). The number of nitrogens with one attached hydrogen (secondary N) is 7. The Morgan fingerprint density at radius 2 is 0.962 bits per heavy atom. The molecule has 1 aliphatic heterocycles. The zero-order valence-corrected chi connectivity index (χ0v) is 55.4. The first-order valence-electron chi connectivity index (χ1n) is 33.0. The summed E-state index contributed by atoms with van der Waals surface area (Å²) in [4.78, 5) is 70.3. The molecule has 2 fully saturated rings. The normalized spacial score (nSPS) is 12.6. The first-order valence-corrected chi connectivity index (χ1v) is 33.0. The van der Waals surface area contributed by atoms with Crippen LogP contribution in [0.15, 0.2) is 185 Å². The van der Waals surface area contributed by atoms with Crippen LogP contribution in [0.25, 0.3) is 84.1 Å². The lowest BCUT2D eigenvalue weighted by Gasteiger charge is -2.13. The summed E-state index contributed by atoms with van der Waals surface area (Å²) in [6, 6.07) is 22.1. The van der Waals surface area contributed by atoms with E-state index < -0.39 is 46.5 Å². The van der Waals surface area contributed by atoms with Crippen molar-refractivity contribution < 1.29 is 67.9 Å². The number of hydrogen-bond donors (Lipinski definition) is 7. The number of nitrogens with zero attached hydrogens (tertiary/aromatic N) is 8. The van der Waals surface area contributed by atoms with E-state index in [1.807, 2.05) is 17.7 Å². The van der Waals surface area contributed by atoms with Gasteiger partial charge in [-0.2, -0.15) is 0 Å². The molecule has 1 aliphatic carbocycles. The monoisotopic (exact) mass is 1430 g/mol. The molecular formula is C74H65F8N15O7. The maximum atomic E-state index is 14.1. The number of aromatic nitrogens is 11. The predicted octanol–water partition coefficient (Wildman–Crippen LogP) is 14.9. The molecule has 0 spiro atoms. The molecule has 4 amide bonds. The van der Waals surface area contributed by atoms with E-state index >= 15 is 0 Å². The summed E-state index contributed by atoms with van der Waals surface area (Å²) < 4.78 is 129. The van der Waals surface area contributed by atoms with Crippen molar-refractivity contribution in [2.24, 2.45) is 5.92 Å². The fraction of sp³-hybridized carbons (Fsp3) is 0.203. The number of amides is 4. The maximum absolute atomic E-state index is 14.1. The van der Waals surface area contributed by atoms with Crippen molar-refractivity contribution in [2.45, 2.75) is 58.4 Å². The van der Waals surface area contributed by atoms with Gasteiger partial charge in [-0.05, 0) is 118 Å². The third-order valence-electron chi connectivity index (χ3n) is 17.3. The molecule has 4 aromatic carbocycles. The van der Waals surface area contributed by atoms with Gasteiger partial charge in [-0.15, -0.1) is 0 Å². The molecule has 104 heavy (non-hydrogen) atoms. The second kappa shape index (κ2) is 32.8. The molecule has 1 saturated heterocycles. The van der Waals surface area contributed by atoms with Crippen molar-refractivity contribution in [3.05, 3.63) is 241 Å². The lowest BCUT2D eigenvalue weighted by Crippen LogP contribution is -2.28. The first-order chi connectivity index (χ1) is 50.5. The third kappa shape index (κ3) is 16.2. The van der Waals surface area contributed by atoms with Crippen LogP contribution in [-0.4, -0.2) is 116 Å². The molecule has 22 nitrogen and oxygen atoms in total. The van der Waals surface area contributed by atoms with Gasteiger partial charge >= 0.3 is 0 Å². The summed E-state index contributed by atoms with van der Waals surface area (Å²) in [5.74, 6) is -7.94. The van der Waals surface area contributed by atoms with E-state index in [0.29, 0.717) is 93.1 Å². The Balaban J connectivity index is 0.000000131. The van der Waals surface area contributed by atoms with Gasteiger partial charge in [-0.3, -0.25) is 23.7 Å². The molecule has 2 aliphatic rings. The molecule has 13 aromatic rings. The lowest BCUT2D eigenvalue weighted by molar-refractivity contribution is 0.0786. The van der Waals surface area contributed by atoms with E-state index in [1.165, 1.54) is 92.7 Å². The smallest absolute Gasteiger partial charge is 0.270 e. The van der Waals surface area contributed by atoms with Gasteiger partial charge in [-0.1, -0.05) is 52.6 Å². The fourth-order valence-electron chi connectivity index (χ4n) is 11.9. The SMILES string of the molecule is CCNC(=O)c1cc(-n2cncc2-c2cccc(F)c2F)c[nH]1.O=C(NCC1CCCC1)c1cc(-c2conc2-c2cccc(F)c2F)c[nH]1.O=C(NCCCn1ccnc1)c1cc(-c2conc2-c2cccc(F)c2F)c[nH]1.O=C(c1cc(-c2conc2-c2cccc(F)c2F)c[nH]1)N1CCCC1. The minimum Gasteiger partial charge on any atom is -0.363 e. The Hall–Kier alpha value is -12.6. The Kier molecular flexibility index (Phi) is 22.4. The summed E-state index contributed by atoms with van der Waals surface area (Å²) in [5.41, 5.74) is 6.43. The number of imidazole rings is 2. The van der Waals surface area contributed by atoms with Crippen LogP contribution in [0.1, 0.15) is 93.8 Å². The van der Waals surface area contributed by atoms with Crippen LogP contribution in [0.3, 0.4) is 0 Å². The topological polar surface area (TPSA) is 284 Å². The van der Waals surface area contributed by atoms with Crippen molar-refractivity contribution in [2.75, 3.05) is 32.7 Å². The maximum Gasteiger partial charge on any atom is 0.270 e. The molecule has 0 radical (unpaired) electrons. The van der Waals surface area contributed by atoms with Gasteiger partial charge < -0.3 is 58.9 Å². The zero-order valence-electron chi connectivity index (χ0n) is 55.4. The standard InChI is InChI=1S/C20H17F2N5O2.C20H19F2N3O2.C18H15F2N3O2.C16H14F2N4O/c21-16-4-1-3-14(18(16)22)19-15(11-29-26-19)13-9-17(25-10-13)20(28)24-5-2-7-27-8-6-23-12-27;21-16-7-3-6-14(18(16)22)19-15(11-27-25-19)13-8-17(23-10-13)20(26)24-9-12-4-1-2-5-12;19-14-5-3-4-12(16(14)20)17-13(10-25-22-17)11-8-15(21-9-11)18(24)23-6-1-2-7-23;1-2-20-16(23)13-6-10(7-21-13)22-9-19-8-14(22)11-4-3-5-12(17)15(11)18/h1,3-4,6,8-12,25H,2,5,7H2,(H,24,28);3,6-8,10-12,23H,1-2,4-5,9H2,(H,24,26);3-5,8-10,21H,1-2,6-7H2;3-9,21H,2H2,1H3,(H,20,23). The molecule has 0 bridgehead atoms. The summed E-state index contributed by atoms with van der Waals surface area (Å²) >= 11 is 0. The second-order valence-electron chi connectivity index (χ2n) is 24.1. The van der Waals surface area contributed by atoms with Crippen molar-refractivity contribution in [3.8, 4) is 84.1 Å². The highest BCUT2D eigenvalue weighted by atomic mass is 19.2. The van der Waals surface area contributed by atoms with Crippen molar-refractivity contribution in [1.29, 1.82) is 0 Å². The number of likely N-dealkylation sites (tertiary alicyclic amines) is 1. The minimum absolute atomic E-state index is 0.00665. The largest absolute Gasteiger partial charge is 0.363 e. The van der Waals surface area contributed by atoms with Gasteiger partial charge in [0, 0.05) is 115 Å². The Morgan fingerprint density at radius 3 is 1.46 bits per heavy atom. The predicted molar refractivity (Wildman–Crippen MR) is 365 cm³/mol. The molecule has 0 atom stereocenters. The number of halogens is 8. The number of aryl methyl sites for hydroxylation is 1. The average Bonchev–Trinajstić information content (AvgIpc) is 1.64. The Labute approximate surface area is 586 Å². The molecule has 9 aromatic heterocycles. The Morgan fingerprint density at radius 1 is 0.510 bits per heavy atom. The van der Waals surface area contributed by atoms with E-state index in [4.69, 9.17) is 13.6 Å². The highest BCUT2D eigenvalue weighted by molar-refractivity contribution is 5.97. The van der Waals surface area contributed by atoms with Crippen molar-refractivity contribution in [3.63, 3.8) is 0 Å². The van der Waals surface area contributed by atoms with Gasteiger partial charge in [0.2, 0.25) is 0 Å². The zero-order chi connectivity index (χ0) is 72.8. The van der Waals surface area contributed by atoms with E-state index in [2.05, 4.69) is 61.3 Å². The molecule has 1 saturated carbocycles. The molecule has 7 N–H and O–H groups in total. The van der Waals surface area contributed by atoms with Gasteiger partial charge in [0.25, 0.3) is 23.6 Å². The number of benzene rings is 4. The highest BCUT2D eigenvalue weighted by Crippen LogP contribution is 2.38. The molecule has 0 unspecified atom stereocenters. The quantitative estimate of drug-likeness (QED) is 0.0294. The first kappa shape index (κ1) is 71.2. The van der Waals surface area contributed by atoms with E-state index in [-0.39, 0.29) is 63.0 Å². The van der Waals surface area contributed by atoms with Crippen LogP contribution in [0.5, 0.6) is 0 Å². The van der Waals surface area contributed by atoms with Gasteiger partial charge in [0.15, 0.2) is 46.5 Å². The highest BCUT2D eigenvalue weighted by Gasteiger charge is 2.27. The number of carbonyl (C=O) groups is 4. The molecule has 10 heterocycles. The van der Waals surface area contributed by atoms with Crippen LogP contribution in [0, 0.1) is 52.5 Å². The second-order valence-corrected chi connectivity index (χ2v) is 24.1. The lowest BCUT2D eigenvalue weighted by atomic mass is 10.0. The van der Waals surface area contributed by atoms with Crippen LogP contribution in [0.4, 0.5) is 35.1 Å². The number of H-pyrrole nitrogens is 4. The molecular weight excluding hydrogens is 1360 g/mol. The number of rotatable bonds is 19. The van der Waals surface area contributed by atoms with Crippen LogP contribution >= 0.6 is 0 Å². The van der Waals surface area contributed by atoms with E-state index in [1.54, 1.807) is 71.0 Å². The number of hydrogen-bond acceptors (Lipinski definition) is 12. The van der Waals surface area contributed by atoms with Crippen molar-refractivity contribution >= 4 is 23.6 Å². The average molecular weight is 1430 g/mol. The number of carbonyl (C=O) groups excluding carboxylic acids is 4. The van der Waals surface area contributed by atoms with Gasteiger partial charge in [0.1, 0.15) is 58.6 Å². The van der Waals surface area contributed by atoms with E-state index in [0.717, 1.165) is 76.0 Å². The van der Waals surface area contributed by atoms with E-state index in [9.17, 15) is 54.3 Å². The van der Waals surface area contributed by atoms with Crippen LogP contribution < -0.4 is 16.0 Å². The van der Waals surface area contributed by atoms with Crippen molar-refractivity contribution in [1.82, 2.24) is 75.4 Å². The molecule has 534 valence electrons. The number of aromatic amines is 4. The summed E-state index contributed by atoms with van der Waals surface area (Å²) in [6.45, 7) is 5.75.